The number of carbonyl (C=O) groups is 3. The van der Waals surface area contributed by atoms with E-state index in [0.29, 0.717) is 0 Å². The van der Waals surface area contributed by atoms with Crippen molar-refractivity contribution in [3.63, 3.8) is 0 Å². The summed E-state index contributed by atoms with van der Waals surface area (Å²) in [5, 5.41) is 22.6. The van der Waals surface area contributed by atoms with Crippen molar-refractivity contribution in [1.82, 2.24) is 0 Å². The molecule has 0 saturated heterocycles. The molecule has 0 bridgehead atoms. The number of hydrogen-bond acceptors (Lipinski definition) is 5. The lowest BCUT2D eigenvalue weighted by Gasteiger charge is -2.37. The molecular formula is C20H15BrO5. The van der Waals surface area contributed by atoms with Gasteiger partial charge in [-0.15, -0.1) is 0 Å². The van der Waals surface area contributed by atoms with Crippen molar-refractivity contribution in [2.24, 2.45) is 0 Å². The third-order valence-electron chi connectivity index (χ3n) is 5.19. The Hall–Kier alpha value is -2.15. The second-order valence-electron chi connectivity index (χ2n) is 6.78. The minimum atomic E-state index is -1.86. The summed E-state index contributed by atoms with van der Waals surface area (Å²) in [6, 6.07) is 10.7. The van der Waals surface area contributed by atoms with Crippen molar-refractivity contribution < 1.29 is 24.6 Å². The number of aliphatic hydroxyl groups excluding tert-OH is 1. The van der Waals surface area contributed by atoms with Crippen LogP contribution in [0.2, 0.25) is 0 Å². The Labute approximate surface area is 157 Å². The van der Waals surface area contributed by atoms with Crippen LogP contribution < -0.4 is 0 Å². The van der Waals surface area contributed by atoms with Gasteiger partial charge in [0.15, 0.2) is 17.3 Å². The smallest absolute Gasteiger partial charge is 0.192 e. The van der Waals surface area contributed by atoms with E-state index in [2.05, 4.69) is 15.9 Å². The standard InChI is InChI=1S/C20H15BrO5/c21-9-16(23)20(26)7-14-17(15(22)8-20)19(25)13-6-11-4-2-1-3-10(11)5-12(13)18(14)24/h1-6,15,22,26H,7-9H2/t15-,20+/m0/s1. The Balaban J connectivity index is 1.89. The number of Topliss-reactive ketones (excluding diaryl/α,β-unsaturated/α-hetero) is 3. The summed E-state index contributed by atoms with van der Waals surface area (Å²) in [5.41, 5.74) is -1.32. The summed E-state index contributed by atoms with van der Waals surface area (Å²) in [4.78, 5) is 38.1. The SMILES string of the molecule is O=C1C2=C(C(=O)c3cc4ccccc4cc31)[C@@H](O)C[C@@](O)(C(=O)CBr)C2. The van der Waals surface area contributed by atoms with Gasteiger partial charge in [0.2, 0.25) is 0 Å². The summed E-state index contributed by atoms with van der Waals surface area (Å²) >= 11 is 3.01. The molecule has 0 aliphatic heterocycles. The van der Waals surface area contributed by atoms with Crippen LogP contribution in [0.1, 0.15) is 33.6 Å². The van der Waals surface area contributed by atoms with Crippen molar-refractivity contribution in [2.75, 3.05) is 5.33 Å². The molecule has 2 N–H and O–H groups in total. The molecule has 2 aliphatic carbocycles. The van der Waals surface area contributed by atoms with Crippen LogP contribution in [0, 0.1) is 0 Å². The van der Waals surface area contributed by atoms with Gasteiger partial charge in [0.05, 0.1) is 11.4 Å². The highest BCUT2D eigenvalue weighted by atomic mass is 79.9. The molecule has 0 unspecified atom stereocenters. The lowest BCUT2D eigenvalue weighted by Crippen LogP contribution is -2.49. The van der Waals surface area contributed by atoms with Gasteiger partial charge in [0.25, 0.3) is 0 Å². The van der Waals surface area contributed by atoms with Crippen molar-refractivity contribution in [1.29, 1.82) is 0 Å². The fourth-order valence-corrected chi connectivity index (χ4v) is 4.36. The normalized spacial score (nSPS) is 25.3. The molecule has 2 aromatic rings. The van der Waals surface area contributed by atoms with Crippen LogP contribution in [-0.4, -0.2) is 44.6 Å². The highest BCUT2D eigenvalue weighted by Crippen LogP contribution is 2.41. The lowest BCUT2D eigenvalue weighted by molar-refractivity contribution is -0.137. The van der Waals surface area contributed by atoms with E-state index in [1.807, 2.05) is 24.3 Å². The minimum absolute atomic E-state index is 0.00447. The van der Waals surface area contributed by atoms with Gasteiger partial charge < -0.3 is 10.2 Å². The van der Waals surface area contributed by atoms with E-state index in [0.717, 1.165) is 10.8 Å². The fraction of sp³-hybridized carbons (Fsp3) is 0.250. The zero-order chi connectivity index (χ0) is 18.6. The monoisotopic (exact) mass is 414 g/mol. The number of rotatable bonds is 2. The van der Waals surface area contributed by atoms with E-state index in [1.165, 1.54) is 0 Å². The van der Waals surface area contributed by atoms with Crippen LogP contribution in [0.3, 0.4) is 0 Å². The molecule has 0 radical (unpaired) electrons. The predicted octanol–water partition coefficient (Wildman–Crippen LogP) is 2.37. The van der Waals surface area contributed by atoms with Crippen molar-refractivity contribution in [2.45, 2.75) is 24.5 Å². The summed E-state index contributed by atoms with van der Waals surface area (Å²) in [6.07, 6.45) is -1.92. The van der Waals surface area contributed by atoms with Crippen LogP contribution >= 0.6 is 15.9 Å². The summed E-state index contributed by atoms with van der Waals surface area (Å²) in [6.45, 7) is 0. The number of hydrogen-bond donors (Lipinski definition) is 2. The first kappa shape index (κ1) is 17.3. The van der Waals surface area contributed by atoms with Gasteiger partial charge in [-0.1, -0.05) is 40.2 Å². The predicted molar refractivity (Wildman–Crippen MR) is 98.6 cm³/mol. The molecule has 2 aliphatic rings. The van der Waals surface area contributed by atoms with Gasteiger partial charge in [0.1, 0.15) is 5.60 Å². The van der Waals surface area contributed by atoms with E-state index in [-0.39, 0.29) is 40.4 Å². The number of halogens is 1. The zero-order valence-electron chi connectivity index (χ0n) is 13.7. The molecule has 4 rings (SSSR count). The lowest BCUT2D eigenvalue weighted by atomic mass is 9.69. The second-order valence-corrected chi connectivity index (χ2v) is 7.34. The maximum Gasteiger partial charge on any atom is 0.192 e. The Morgan fingerprint density at radius 3 is 2.27 bits per heavy atom. The van der Waals surface area contributed by atoms with Crippen LogP contribution in [0.25, 0.3) is 10.8 Å². The second kappa shape index (κ2) is 5.94. The molecule has 5 nitrogen and oxygen atoms in total. The Morgan fingerprint density at radius 2 is 1.69 bits per heavy atom. The number of carbonyl (C=O) groups excluding carboxylic acids is 3. The Kier molecular flexibility index (Phi) is 3.95. The topological polar surface area (TPSA) is 91.7 Å². The molecule has 0 spiro atoms. The number of benzene rings is 2. The third-order valence-corrected chi connectivity index (χ3v) is 5.70. The third kappa shape index (κ3) is 2.40. The molecule has 132 valence electrons. The highest BCUT2D eigenvalue weighted by molar-refractivity contribution is 9.09. The van der Waals surface area contributed by atoms with E-state index in [9.17, 15) is 24.6 Å². The Bertz CT molecular complexity index is 1020. The van der Waals surface area contributed by atoms with Crippen molar-refractivity contribution in [3.8, 4) is 0 Å². The molecule has 0 heterocycles. The minimum Gasteiger partial charge on any atom is -0.388 e. The van der Waals surface area contributed by atoms with Gasteiger partial charge in [0, 0.05) is 35.1 Å². The summed E-state index contributed by atoms with van der Waals surface area (Å²) < 4.78 is 0. The summed E-state index contributed by atoms with van der Waals surface area (Å²) in [7, 11) is 0. The average Bonchev–Trinajstić information content (AvgIpc) is 2.63. The number of ketones is 3. The molecule has 2 atom stereocenters. The highest BCUT2D eigenvalue weighted by Gasteiger charge is 2.48. The molecule has 0 saturated carbocycles. The molecule has 0 fully saturated rings. The number of alkyl halides is 1. The quantitative estimate of drug-likeness (QED) is 0.735. The van der Waals surface area contributed by atoms with Crippen LogP contribution in [-0.2, 0) is 4.79 Å². The van der Waals surface area contributed by atoms with Gasteiger partial charge in [-0.05, 0) is 22.9 Å². The van der Waals surface area contributed by atoms with Gasteiger partial charge in [-0.2, -0.15) is 0 Å². The number of fused-ring (bicyclic) bond motifs is 2. The molecular weight excluding hydrogens is 400 g/mol. The maximum atomic E-state index is 13.0. The largest absolute Gasteiger partial charge is 0.388 e. The fourth-order valence-electron chi connectivity index (χ4n) is 3.83. The van der Waals surface area contributed by atoms with Crippen molar-refractivity contribution in [3.05, 3.63) is 58.7 Å². The number of aliphatic hydroxyl groups is 2. The molecule has 26 heavy (non-hydrogen) atoms. The molecule has 2 aromatic carbocycles. The van der Waals surface area contributed by atoms with Crippen molar-refractivity contribution >= 4 is 44.1 Å². The van der Waals surface area contributed by atoms with E-state index < -0.39 is 29.1 Å². The van der Waals surface area contributed by atoms with Crippen LogP contribution in [0.5, 0.6) is 0 Å². The van der Waals surface area contributed by atoms with Gasteiger partial charge >= 0.3 is 0 Å². The summed E-state index contributed by atoms with van der Waals surface area (Å²) in [5.74, 6) is -1.35. The molecule has 0 aromatic heterocycles. The van der Waals surface area contributed by atoms with E-state index in [4.69, 9.17) is 0 Å². The zero-order valence-corrected chi connectivity index (χ0v) is 15.2. The average molecular weight is 415 g/mol. The maximum absolute atomic E-state index is 13.0. The van der Waals surface area contributed by atoms with Crippen LogP contribution in [0.4, 0.5) is 0 Å². The first-order valence-electron chi connectivity index (χ1n) is 8.20. The molecule has 0 amide bonds. The van der Waals surface area contributed by atoms with E-state index >= 15 is 0 Å². The van der Waals surface area contributed by atoms with Gasteiger partial charge in [-0.25, -0.2) is 0 Å². The Morgan fingerprint density at radius 1 is 1.12 bits per heavy atom. The van der Waals surface area contributed by atoms with Gasteiger partial charge in [-0.3, -0.25) is 14.4 Å². The van der Waals surface area contributed by atoms with E-state index in [1.54, 1.807) is 12.1 Å². The first-order valence-corrected chi connectivity index (χ1v) is 9.33. The first-order chi connectivity index (χ1) is 12.4. The van der Waals surface area contributed by atoms with Crippen LogP contribution in [0.15, 0.2) is 47.5 Å². The molecule has 6 heteroatoms.